The summed E-state index contributed by atoms with van der Waals surface area (Å²) in [6, 6.07) is 16.6. The first kappa shape index (κ1) is 19.8. The van der Waals surface area contributed by atoms with E-state index in [-0.39, 0.29) is 12.0 Å². The van der Waals surface area contributed by atoms with Gasteiger partial charge in [0, 0.05) is 24.0 Å². The lowest BCUT2D eigenvalue weighted by atomic mass is 10.1. The first-order chi connectivity index (χ1) is 14.1. The summed E-state index contributed by atoms with van der Waals surface area (Å²) in [5.41, 5.74) is 5.26. The first-order valence-electron chi connectivity index (χ1n) is 10.1. The number of carbonyl (C=O) groups excluding carboxylic acids is 1. The molecular weight excluding hydrogens is 380 g/mol. The summed E-state index contributed by atoms with van der Waals surface area (Å²) in [5.74, 6) is 0.0266. The molecule has 5 heteroatoms. The van der Waals surface area contributed by atoms with Gasteiger partial charge in [-0.1, -0.05) is 54.1 Å². The maximum Gasteiger partial charge on any atom is 0.273 e. The summed E-state index contributed by atoms with van der Waals surface area (Å²) in [4.78, 5) is 19.4. The number of hydrogen-bond donors (Lipinski definition) is 0. The normalized spacial score (nSPS) is 14.9. The topological polar surface area (TPSA) is 42.4 Å². The van der Waals surface area contributed by atoms with E-state index in [0.29, 0.717) is 25.4 Å². The summed E-state index contributed by atoms with van der Waals surface area (Å²) in [6.45, 7) is 6.24. The summed E-state index contributed by atoms with van der Waals surface area (Å²) < 4.78 is 6.04. The van der Waals surface area contributed by atoms with E-state index in [1.807, 2.05) is 28.5 Å². The molecule has 1 saturated heterocycles. The Hall–Kier alpha value is -2.50. The van der Waals surface area contributed by atoms with Crippen LogP contribution in [0.2, 0.25) is 0 Å². The zero-order chi connectivity index (χ0) is 20.2. The molecule has 3 aromatic rings. The molecule has 0 saturated carbocycles. The van der Waals surface area contributed by atoms with Crippen LogP contribution < -0.4 is 0 Å². The third-order valence-corrected chi connectivity index (χ3v) is 6.27. The lowest BCUT2D eigenvalue weighted by Gasteiger charge is -2.31. The van der Waals surface area contributed by atoms with Crippen LogP contribution in [0, 0.1) is 13.8 Å². The fraction of sp³-hybridized carbons (Fsp3) is 0.333. The second kappa shape index (κ2) is 8.89. The van der Waals surface area contributed by atoms with Gasteiger partial charge in [0.2, 0.25) is 0 Å². The van der Waals surface area contributed by atoms with Gasteiger partial charge in [-0.05, 0) is 37.8 Å². The number of carbonyl (C=O) groups is 1. The number of ether oxygens (including phenoxy) is 1. The van der Waals surface area contributed by atoms with E-state index >= 15 is 0 Å². The number of benzene rings is 2. The van der Waals surface area contributed by atoms with Crippen LogP contribution in [0.25, 0.3) is 10.6 Å². The first-order valence-corrected chi connectivity index (χ1v) is 11.0. The van der Waals surface area contributed by atoms with Crippen LogP contribution in [0.15, 0.2) is 53.9 Å². The minimum Gasteiger partial charge on any atom is -0.373 e. The van der Waals surface area contributed by atoms with Crippen molar-refractivity contribution >= 4 is 17.2 Å². The number of amides is 1. The number of nitrogens with zero attached hydrogens (tertiary/aromatic N) is 2. The molecule has 150 valence electrons. The second-order valence-electron chi connectivity index (χ2n) is 7.64. The molecule has 0 atom stereocenters. The van der Waals surface area contributed by atoms with Crippen molar-refractivity contribution in [3.05, 3.63) is 76.3 Å². The molecule has 1 amide bonds. The van der Waals surface area contributed by atoms with Gasteiger partial charge in [0.15, 0.2) is 0 Å². The van der Waals surface area contributed by atoms with Crippen molar-refractivity contribution in [2.75, 3.05) is 13.1 Å². The molecule has 0 aliphatic carbocycles. The Morgan fingerprint density at radius 1 is 1.14 bits per heavy atom. The van der Waals surface area contributed by atoms with E-state index < -0.39 is 0 Å². The largest absolute Gasteiger partial charge is 0.373 e. The fourth-order valence-electron chi connectivity index (χ4n) is 3.73. The minimum absolute atomic E-state index is 0.0266. The Balaban J connectivity index is 1.33. The van der Waals surface area contributed by atoms with Gasteiger partial charge in [0.1, 0.15) is 10.7 Å². The Labute approximate surface area is 176 Å². The van der Waals surface area contributed by atoms with Crippen molar-refractivity contribution in [1.29, 1.82) is 0 Å². The van der Waals surface area contributed by atoms with Crippen LogP contribution >= 0.6 is 11.3 Å². The Morgan fingerprint density at radius 3 is 2.62 bits per heavy atom. The summed E-state index contributed by atoms with van der Waals surface area (Å²) in [5, 5.41) is 2.79. The molecule has 4 rings (SSSR count). The van der Waals surface area contributed by atoms with E-state index in [1.54, 1.807) is 0 Å². The molecule has 1 aromatic heterocycles. The maximum absolute atomic E-state index is 12.9. The maximum atomic E-state index is 12.9. The van der Waals surface area contributed by atoms with Crippen LogP contribution in [0.1, 0.15) is 40.0 Å². The van der Waals surface area contributed by atoms with Gasteiger partial charge in [0.05, 0.1) is 12.7 Å². The Bertz CT molecular complexity index is 976. The quantitative estimate of drug-likeness (QED) is 0.581. The van der Waals surface area contributed by atoms with Crippen LogP contribution in [0.3, 0.4) is 0 Å². The Kier molecular flexibility index (Phi) is 6.07. The number of piperidine rings is 1. The summed E-state index contributed by atoms with van der Waals surface area (Å²) in [7, 11) is 0. The smallest absolute Gasteiger partial charge is 0.273 e. The van der Waals surface area contributed by atoms with Crippen LogP contribution in [-0.2, 0) is 11.3 Å². The van der Waals surface area contributed by atoms with E-state index in [1.165, 1.54) is 28.0 Å². The molecule has 0 unspecified atom stereocenters. The molecule has 0 bridgehead atoms. The van der Waals surface area contributed by atoms with Gasteiger partial charge in [-0.3, -0.25) is 4.79 Å². The zero-order valence-electron chi connectivity index (χ0n) is 16.9. The van der Waals surface area contributed by atoms with Gasteiger partial charge < -0.3 is 9.64 Å². The molecule has 4 nitrogen and oxygen atoms in total. The molecule has 1 fully saturated rings. The van der Waals surface area contributed by atoms with Crippen LogP contribution in [-0.4, -0.2) is 35.0 Å². The van der Waals surface area contributed by atoms with Gasteiger partial charge in [-0.2, -0.15) is 0 Å². The third kappa shape index (κ3) is 4.74. The van der Waals surface area contributed by atoms with Gasteiger partial charge >= 0.3 is 0 Å². The van der Waals surface area contributed by atoms with E-state index in [0.717, 1.165) is 23.4 Å². The van der Waals surface area contributed by atoms with Crippen molar-refractivity contribution in [2.24, 2.45) is 0 Å². The number of rotatable bonds is 5. The number of hydrogen-bond acceptors (Lipinski definition) is 4. The molecule has 2 heterocycles. The lowest BCUT2D eigenvalue weighted by molar-refractivity contribution is -0.000490. The van der Waals surface area contributed by atoms with E-state index in [2.05, 4.69) is 49.2 Å². The van der Waals surface area contributed by atoms with Crippen molar-refractivity contribution < 1.29 is 9.53 Å². The predicted octanol–water partition coefficient (Wildman–Crippen LogP) is 5.25. The van der Waals surface area contributed by atoms with Crippen molar-refractivity contribution in [2.45, 2.75) is 39.4 Å². The highest BCUT2D eigenvalue weighted by molar-refractivity contribution is 7.13. The number of likely N-dealkylation sites (tertiary alicyclic amines) is 1. The third-order valence-electron chi connectivity index (χ3n) is 5.39. The fourth-order valence-corrected chi connectivity index (χ4v) is 4.61. The van der Waals surface area contributed by atoms with Crippen LogP contribution in [0.5, 0.6) is 0 Å². The number of aromatic nitrogens is 1. The SMILES string of the molecule is Cc1ccc(-c2nc(C(=O)N3CCC(OCc4ccccc4)CC3)cs2)c(C)c1. The van der Waals surface area contributed by atoms with E-state index in [9.17, 15) is 4.79 Å². The van der Waals surface area contributed by atoms with Crippen molar-refractivity contribution in [3.63, 3.8) is 0 Å². The van der Waals surface area contributed by atoms with Crippen LogP contribution in [0.4, 0.5) is 0 Å². The molecular formula is C24H26N2O2S. The molecule has 1 aliphatic heterocycles. The van der Waals surface area contributed by atoms with Gasteiger partial charge in [0.25, 0.3) is 5.91 Å². The summed E-state index contributed by atoms with van der Waals surface area (Å²) >= 11 is 1.54. The lowest BCUT2D eigenvalue weighted by Crippen LogP contribution is -2.41. The second-order valence-corrected chi connectivity index (χ2v) is 8.50. The standard InChI is InChI=1S/C24H26N2O2S/c1-17-8-9-21(18(2)14-17)23-25-22(16-29-23)24(27)26-12-10-20(11-13-26)28-15-19-6-4-3-5-7-19/h3-9,14,16,20H,10-13,15H2,1-2H3. The molecule has 2 aromatic carbocycles. The monoisotopic (exact) mass is 406 g/mol. The number of aryl methyl sites for hydroxylation is 2. The van der Waals surface area contributed by atoms with Crippen molar-refractivity contribution in [1.82, 2.24) is 9.88 Å². The molecule has 29 heavy (non-hydrogen) atoms. The molecule has 0 radical (unpaired) electrons. The van der Waals surface area contributed by atoms with Gasteiger partial charge in [-0.25, -0.2) is 4.98 Å². The van der Waals surface area contributed by atoms with Gasteiger partial charge in [-0.15, -0.1) is 11.3 Å². The Morgan fingerprint density at radius 2 is 1.90 bits per heavy atom. The predicted molar refractivity (Wildman–Crippen MR) is 117 cm³/mol. The molecule has 1 aliphatic rings. The highest BCUT2D eigenvalue weighted by atomic mass is 32.1. The average molecular weight is 407 g/mol. The van der Waals surface area contributed by atoms with E-state index in [4.69, 9.17) is 4.74 Å². The highest BCUT2D eigenvalue weighted by Gasteiger charge is 2.25. The van der Waals surface area contributed by atoms with Crippen molar-refractivity contribution in [3.8, 4) is 10.6 Å². The summed E-state index contributed by atoms with van der Waals surface area (Å²) in [6.07, 6.45) is 1.94. The number of thiazole rings is 1. The highest BCUT2D eigenvalue weighted by Crippen LogP contribution is 2.28. The zero-order valence-corrected chi connectivity index (χ0v) is 17.7. The minimum atomic E-state index is 0.0266. The molecule has 0 N–H and O–H groups in total. The molecule has 0 spiro atoms. The average Bonchev–Trinajstić information content (AvgIpc) is 3.23.